The minimum Gasteiger partial charge on any atom is -0.496 e. The van der Waals surface area contributed by atoms with Gasteiger partial charge in [0.25, 0.3) is 5.91 Å². The first-order valence-electron chi connectivity index (χ1n) is 9.43. The second kappa shape index (κ2) is 9.37. The number of amides is 1. The molecule has 0 radical (unpaired) electrons. The van der Waals surface area contributed by atoms with E-state index in [-0.39, 0.29) is 5.91 Å². The van der Waals surface area contributed by atoms with Crippen LogP contribution in [0.25, 0.3) is 6.08 Å². The number of carbonyl (C=O) groups is 1. The number of amidine groups is 1. The van der Waals surface area contributed by atoms with Crippen LogP contribution in [0.1, 0.15) is 25.0 Å². The van der Waals surface area contributed by atoms with Crippen LogP contribution in [-0.4, -0.2) is 31.3 Å². The SMILES string of the molecule is CCN(CC)c1ccc(C=C2SC(=Nc3ccc(C)c(Cl)c3)NC2=O)c(OC)c1. The average molecular weight is 430 g/mol. The fourth-order valence-electron chi connectivity index (χ4n) is 2.99. The van der Waals surface area contributed by atoms with Crippen molar-refractivity contribution in [3.63, 3.8) is 0 Å². The van der Waals surface area contributed by atoms with Gasteiger partial charge in [0.05, 0.1) is 17.7 Å². The topological polar surface area (TPSA) is 53.9 Å². The molecule has 3 rings (SSSR count). The van der Waals surface area contributed by atoms with Crippen molar-refractivity contribution in [3.8, 4) is 5.75 Å². The number of rotatable bonds is 6. The van der Waals surface area contributed by atoms with Crippen molar-refractivity contribution in [1.82, 2.24) is 5.32 Å². The summed E-state index contributed by atoms with van der Waals surface area (Å²) in [5.41, 5.74) is 3.63. The monoisotopic (exact) mass is 429 g/mol. The molecule has 1 N–H and O–H groups in total. The first kappa shape index (κ1) is 21.3. The Morgan fingerprint density at radius 2 is 1.97 bits per heavy atom. The summed E-state index contributed by atoms with van der Waals surface area (Å²) in [6, 6.07) is 11.6. The third kappa shape index (κ3) is 4.95. The maximum absolute atomic E-state index is 12.4. The van der Waals surface area contributed by atoms with Crippen LogP contribution in [0.4, 0.5) is 11.4 Å². The molecule has 0 atom stereocenters. The molecule has 152 valence electrons. The van der Waals surface area contributed by atoms with Gasteiger partial charge in [-0.3, -0.25) is 4.79 Å². The second-order valence-electron chi connectivity index (χ2n) is 6.51. The molecule has 2 aromatic carbocycles. The molecule has 1 aliphatic heterocycles. The largest absolute Gasteiger partial charge is 0.496 e. The van der Waals surface area contributed by atoms with Crippen LogP contribution in [0, 0.1) is 6.92 Å². The summed E-state index contributed by atoms with van der Waals surface area (Å²) in [5.74, 6) is 0.549. The summed E-state index contributed by atoms with van der Waals surface area (Å²) >= 11 is 7.46. The van der Waals surface area contributed by atoms with Gasteiger partial charge < -0.3 is 15.0 Å². The number of nitrogens with zero attached hydrogens (tertiary/aromatic N) is 2. The Morgan fingerprint density at radius 3 is 2.62 bits per heavy atom. The smallest absolute Gasteiger partial charge is 0.264 e. The number of aryl methyl sites for hydroxylation is 1. The van der Waals surface area contributed by atoms with Crippen molar-refractivity contribution >= 4 is 51.9 Å². The van der Waals surface area contributed by atoms with Crippen molar-refractivity contribution in [1.29, 1.82) is 0 Å². The summed E-state index contributed by atoms with van der Waals surface area (Å²) in [4.78, 5) is 19.7. The fourth-order valence-corrected chi connectivity index (χ4v) is 4.00. The van der Waals surface area contributed by atoms with E-state index in [4.69, 9.17) is 16.3 Å². The van der Waals surface area contributed by atoms with E-state index >= 15 is 0 Å². The summed E-state index contributed by atoms with van der Waals surface area (Å²) in [7, 11) is 1.64. The highest BCUT2D eigenvalue weighted by Gasteiger charge is 2.24. The minimum atomic E-state index is -0.179. The van der Waals surface area contributed by atoms with E-state index in [2.05, 4.69) is 29.1 Å². The number of thioether (sulfide) groups is 1. The van der Waals surface area contributed by atoms with Crippen LogP contribution in [-0.2, 0) is 4.79 Å². The van der Waals surface area contributed by atoms with Gasteiger partial charge in [-0.05, 0) is 68.4 Å². The number of anilines is 1. The van der Waals surface area contributed by atoms with E-state index in [0.29, 0.717) is 20.8 Å². The number of hydrogen-bond donors (Lipinski definition) is 1. The highest BCUT2D eigenvalue weighted by atomic mass is 35.5. The molecule has 7 heteroatoms. The number of ether oxygens (including phenoxy) is 1. The van der Waals surface area contributed by atoms with E-state index in [9.17, 15) is 4.79 Å². The van der Waals surface area contributed by atoms with Gasteiger partial charge in [0.2, 0.25) is 0 Å². The molecule has 0 saturated carbocycles. The fraction of sp³-hybridized carbons (Fsp3) is 0.273. The standard InChI is InChI=1S/C22H24ClN3O2S/c1-5-26(6-2)17-10-8-15(19(13-17)28-4)11-20-21(27)25-22(29-20)24-16-9-7-14(3)18(23)12-16/h7-13H,5-6H2,1-4H3,(H,24,25,27). The van der Waals surface area contributed by atoms with Crippen molar-refractivity contribution in [2.45, 2.75) is 20.8 Å². The van der Waals surface area contributed by atoms with E-state index in [1.54, 1.807) is 13.2 Å². The van der Waals surface area contributed by atoms with Crippen molar-refractivity contribution in [2.75, 3.05) is 25.1 Å². The lowest BCUT2D eigenvalue weighted by molar-refractivity contribution is -0.115. The Morgan fingerprint density at radius 1 is 1.21 bits per heavy atom. The van der Waals surface area contributed by atoms with Crippen LogP contribution in [0.2, 0.25) is 5.02 Å². The minimum absolute atomic E-state index is 0.179. The van der Waals surface area contributed by atoms with E-state index < -0.39 is 0 Å². The highest BCUT2D eigenvalue weighted by Crippen LogP contribution is 2.33. The Bertz CT molecular complexity index is 984. The molecule has 1 amide bonds. The number of carbonyl (C=O) groups excluding carboxylic acids is 1. The quantitative estimate of drug-likeness (QED) is 0.625. The maximum Gasteiger partial charge on any atom is 0.264 e. The zero-order valence-corrected chi connectivity index (χ0v) is 18.5. The zero-order valence-electron chi connectivity index (χ0n) is 17.0. The summed E-state index contributed by atoms with van der Waals surface area (Å²) in [6.07, 6.45) is 1.83. The summed E-state index contributed by atoms with van der Waals surface area (Å²) in [6.45, 7) is 8.01. The molecule has 29 heavy (non-hydrogen) atoms. The number of benzene rings is 2. The first-order chi connectivity index (χ1) is 13.9. The normalized spacial score (nSPS) is 16.4. The zero-order chi connectivity index (χ0) is 21.0. The molecule has 0 unspecified atom stereocenters. The Kier molecular flexibility index (Phi) is 6.87. The van der Waals surface area contributed by atoms with E-state index in [1.165, 1.54) is 11.8 Å². The van der Waals surface area contributed by atoms with Gasteiger partial charge in [-0.2, -0.15) is 0 Å². The van der Waals surface area contributed by atoms with Gasteiger partial charge in [0.15, 0.2) is 5.17 Å². The number of methoxy groups -OCH3 is 1. The summed E-state index contributed by atoms with van der Waals surface area (Å²) in [5, 5.41) is 3.98. The van der Waals surface area contributed by atoms with E-state index in [1.807, 2.05) is 43.3 Å². The van der Waals surface area contributed by atoms with Gasteiger partial charge in [-0.1, -0.05) is 17.7 Å². The highest BCUT2D eigenvalue weighted by molar-refractivity contribution is 8.18. The first-order valence-corrected chi connectivity index (χ1v) is 10.6. The molecule has 0 aliphatic carbocycles. The van der Waals surface area contributed by atoms with Gasteiger partial charge in [0, 0.05) is 35.4 Å². The molecule has 1 saturated heterocycles. The average Bonchev–Trinajstić information content (AvgIpc) is 3.05. The molecule has 2 aromatic rings. The van der Waals surface area contributed by atoms with Crippen LogP contribution >= 0.6 is 23.4 Å². The summed E-state index contributed by atoms with van der Waals surface area (Å²) < 4.78 is 5.56. The van der Waals surface area contributed by atoms with Crippen molar-refractivity contribution in [3.05, 3.63) is 57.5 Å². The van der Waals surface area contributed by atoms with Gasteiger partial charge in [-0.25, -0.2) is 4.99 Å². The number of aliphatic imine (C=N–C) groups is 1. The van der Waals surface area contributed by atoms with Crippen LogP contribution in [0.15, 0.2) is 46.3 Å². The van der Waals surface area contributed by atoms with Crippen LogP contribution in [0.3, 0.4) is 0 Å². The lowest BCUT2D eigenvalue weighted by Crippen LogP contribution is -2.21. The molecule has 0 spiro atoms. The third-order valence-corrected chi connectivity index (χ3v) is 5.99. The number of nitrogens with one attached hydrogen (secondary N) is 1. The number of halogens is 1. The predicted octanol–water partition coefficient (Wildman–Crippen LogP) is 5.39. The molecule has 1 aliphatic rings. The molecule has 0 bridgehead atoms. The lowest BCUT2D eigenvalue weighted by atomic mass is 10.1. The molecule has 5 nitrogen and oxygen atoms in total. The van der Waals surface area contributed by atoms with E-state index in [0.717, 1.165) is 35.7 Å². The molecule has 1 heterocycles. The predicted molar refractivity (Wildman–Crippen MR) is 124 cm³/mol. The second-order valence-corrected chi connectivity index (χ2v) is 7.95. The van der Waals surface area contributed by atoms with Gasteiger partial charge in [-0.15, -0.1) is 0 Å². The lowest BCUT2D eigenvalue weighted by Gasteiger charge is -2.22. The van der Waals surface area contributed by atoms with Crippen molar-refractivity contribution < 1.29 is 9.53 Å². The Hall–Kier alpha value is -2.44. The molecule has 0 aromatic heterocycles. The van der Waals surface area contributed by atoms with Crippen LogP contribution < -0.4 is 15.0 Å². The maximum atomic E-state index is 12.4. The van der Waals surface area contributed by atoms with Crippen molar-refractivity contribution in [2.24, 2.45) is 4.99 Å². The van der Waals surface area contributed by atoms with Gasteiger partial charge >= 0.3 is 0 Å². The Balaban J connectivity index is 1.86. The van der Waals surface area contributed by atoms with Crippen LogP contribution in [0.5, 0.6) is 5.75 Å². The Labute approximate surface area is 180 Å². The number of hydrogen-bond acceptors (Lipinski definition) is 5. The van der Waals surface area contributed by atoms with Gasteiger partial charge in [0.1, 0.15) is 5.75 Å². The molecule has 1 fully saturated rings. The third-order valence-electron chi connectivity index (χ3n) is 4.67. The molecular weight excluding hydrogens is 406 g/mol. The molecular formula is C22H24ClN3O2S.